The van der Waals surface area contributed by atoms with Crippen molar-refractivity contribution in [2.24, 2.45) is 4.99 Å². The van der Waals surface area contributed by atoms with Crippen LogP contribution in [0.25, 0.3) is 0 Å². The normalized spacial score (nSPS) is 21.1. The van der Waals surface area contributed by atoms with Crippen LogP contribution in [0.15, 0.2) is 23.2 Å². The SMILES string of the molecule is CN=C(NCc1c(F)cccc1OC(F)F)N1CCC(OCC2CCCO2)CC1. The Morgan fingerprint density at radius 3 is 2.76 bits per heavy atom. The first-order chi connectivity index (χ1) is 14.1. The van der Waals surface area contributed by atoms with E-state index in [1.165, 1.54) is 18.2 Å². The van der Waals surface area contributed by atoms with Gasteiger partial charge in [0.15, 0.2) is 5.96 Å². The van der Waals surface area contributed by atoms with Crippen molar-refractivity contribution in [1.29, 1.82) is 0 Å². The van der Waals surface area contributed by atoms with Gasteiger partial charge in [0.2, 0.25) is 0 Å². The van der Waals surface area contributed by atoms with Gasteiger partial charge in [-0.3, -0.25) is 4.99 Å². The predicted molar refractivity (Wildman–Crippen MR) is 103 cm³/mol. The van der Waals surface area contributed by atoms with E-state index in [1.54, 1.807) is 7.05 Å². The number of likely N-dealkylation sites (tertiary alicyclic amines) is 1. The summed E-state index contributed by atoms with van der Waals surface area (Å²) in [6.07, 6.45) is 4.27. The fraction of sp³-hybridized carbons (Fsp3) is 0.650. The minimum absolute atomic E-state index is 0.00313. The van der Waals surface area contributed by atoms with Crippen LogP contribution >= 0.6 is 0 Å². The molecule has 162 valence electrons. The molecule has 1 atom stereocenters. The highest BCUT2D eigenvalue weighted by Crippen LogP contribution is 2.23. The zero-order valence-electron chi connectivity index (χ0n) is 16.6. The van der Waals surface area contributed by atoms with Gasteiger partial charge in [0.1, 0.15) is 11.6 Å². The Hall–Kier alpha value is -2.00. The molecule has 0 saturated carbocycles. The van der Waals surface area contributed by atoms with Gasteiger partial charge in [-0.05, 0) is 37.8 Å². The van der Waals surface area contributed by atoms with Crippen molar-refractivity contribution in [3.8, 4) is 5.75 Å². The Balaban J connectivity index is 1.49. The number of nitrogens with one attached hydrogen (secondary N) is 1. The first kappa shape index (κ1) is 21.7. The molecule has 1 aromatic carbocycles. The number of hydrogen-bond acceptors (Lipinski definition) is 4. The summed E-state index contributed by atoms with van der Waals surface area (Å²) in [5.74, 6) is -0.189. The maximum atomic E-state index is 14.1. The number of alkyl halides is 2. The van der Waals surface area contributed by atoms with Gasteiger partial charge in [-0.1, -0.05) is 6.07 Å². The van der Waals surface area contributed by atoms with E-state index in [4.69, 9.17) is 9.47 Å². The monoisotopic (exact) mass is 415 g/mol. The molecule has 6 nitrogen and oxygen atoms in total. The maximum Gasteiger partial charge on any atom is 0.387 e. The van der Waals surface area contributed by atoms with Gasteiger partial charge in [-0.15, -0.1) is 0 Å². The van der Waals surface area contributed by atoms with E-state index in [1.807, 2.05) is 0 Å². The van der Waals surface area contributed by atoms with E-state index < -0.39 is 12.4 Å². The molecule has 0 aliphatic carbocycles. The van der Waals surface area contributed by atoms with Crippen molar-refractivity contribution in [2.75, 3.05) is 33.4 Å². The summed E-state index contributed by atoms with van der Waals surface area (Å²) in [4.78, 5) is 6.30. The Morgan fingerprint density at radius 1 is 1.31 bits per heavy atom. The Bertz CT molecular complexity index is 676. The van der Waals surface area contributed by atoms with Gasteiger partial charge >= 0.3 is 6.61 Å². The zero-order chi connectivity index (χ0) is 20.6. The van der Waals surface area contributed by atoms with Gasteiger partial charge in [-0.25, -0.2) is 4.39 Å². The molecule has 1 unspecified atom stereocenters. The van der Waals surface area contributed by atoms with Crippen LogP contribution in [0, 0.1) is 5.82 Å². The molecule has 0 aromatic heterocycles. The summed E-state index contributed by atoms with van der Waals surface area (Å²) >= 11 is 0. The standard InChI is InChI=1S/C20H28F3N3O3/c1-24-20(25-12-16-17(21)5-2-6-18(16)29-19(22)23)26-9-7-14(8-10-26)28-13-15-4-3-11-27-15/h2,5-6,14-15,19H,3-4,7-13H2,1H3,(H,24,25). The summed E-state index contributed by atoms with van der Waals surface area (Å²) in [5.41, 5.74) is 0.0451. The van der Waals surface area contributed by atoms with Crippen molar-refractivity contribution in [1.82, 2.24) is 10.2 Å². The molecule has 0 amide bonds. The molecule has 2 heterocycles. The quantitative estimate of drug-likeness (QED) is 0.548. The number of rotatable bonds is 7. The summed E-state index contributed by atoms with van der Waals surface area (Å²) in [7, 11) is 1.64. The second-order valence-corrected chi connectivity index (χ2v) is 7.15. The van der Waals surface area contributed by atoms with E-state index in [0.717, 1.165) is 45.4 Å². The summed E-state index contributed by atoms with van der Waals surface area (Å²) in [6.45, 7) is -0.0699. The van der Waals surface area contributed by atoms with Gasteiger partial charge in [0.05, 0.1) is 18.8 Å². The fourth-order valence-corrected chi connectivity index (χ4v) is 3.67. The number of aliphatic imine (C=N–C) groups is 1. The van der Waals surface area contributed by atoms with Crippen LogP contribution in [0.1, 0.15) is 31.2 Å². The number of hydrogen-bond donors (Lipinski definition) is 1. The van der Waals surface area contributed by atoms with Crippen molar-refractivity contribution in [2.45, 2.75) is 51.0 Å². The second-order valence-electron chi connectivity index (χ2n) is 7.15. The first-order valence-electron chi connectivity index (χ1n) is 9.97. The van der Waals surface area contributed by atoms with Crippen molar-refractivity contribution in [3.63, 3.8) is 0 Å². The summed E-state index contributed by atoms with van der Waals surface area (Å²) < 4.78 is 55.2. The van der Waals surface area contributed by atoms with Crippen LogP contribution in [0.4, 0.5) is 13.2 Å². The van der Waals surface area contributed by atoms with Crippen LogP contribution in [0.5, 0.6) is 5.75 Å². The molecule has 1 aromatic rings. The minimum atomic E-state index is -3.01. The maximum absolute atomic E-state index is 14.1. The number of nitrogens with zero attached hydrogens (tertiary/aromatic N) is 2. The molecule has 2 aliphatic rings. The van der Waals surface area contributed by atoms with Crippen LogP contribution in [0.3, 0.4) is 0 Å². The van der Waals surface area contributed by atoms with E-state index in [2.05, 4.69) is 19.9 Å². The molecule has 3 rings (SSSR count). The molecule has 2 aliphatic heterocycles. The predicted octanol–water partition coefficient (Wildman–Crippen LogP) is 3.16. The van der Waals surface area contributed by atoms with E-state index >= 15 is 0 Å². The third-order valence-electron chi connectivity index (χ3n) is 5.21. The number of guanidine groups is 1. The molecular formula is C20H28F3N3O3. The lowest BCUT2D eigenvalue weighted by atomic mass is 10.1. The molecule has 0 bridgehead atoms. The minimum Gasteiger partial charge on any atom is -0.434 e. The Kier molecular flexibility index (Phi) is 8.00. The van der Waals surface area contributed by atoms with E-state index in [0.29, 0.717) is 12.6 Å². The largest absolute Gasteiger partial charge is 0.434 e. The molecule has 2 fully saturated rings. The molecule has 0 spiro atoms. The van der Waals surface area contributed by atoms with Crippen LogP contribution in [-0.4, -0.2) is 63.0 Å². The topological polar surface area (TPSA) is 55.3 Å². The number of halogens is 3. The average Bonchev–Trinajstić information content (AvgIpc) is 3.23. The molecule has 2 saturated heterocycles. The van der Waals surface area contributed by atoms with Crippen LogP contribution in [-0.2, 0) is 16.0 Å². The van der Waals surface area contributed by atoms with Crippen molar-refractivity contribution >= 4 is 5.96 Å². The highest BCUT2D eigenvalue weighted by molar-refractivity contribution is 5.80. The van der Waals surface area contributed by atoms with E-state index in [9.17, 15) is 13.2 Å². The van der Waals surface area contributed by atoms with Crippen molar-refractivity contribution in [3.05, 3.63) is 29.6 Å². The molecular weight excluding hydrogens is 387 g/mol. The van der Waals surface area contributed by atoms with Gasteiger partial charge < -0.3 is 24.4 Å². The first-order valence-corrected chi connectivity index (χ1v) is 9.97. The lowest BCUT2D eigenvalue weighted by Crippen LogP contribution is -2.47. The number of ether oxygens (including phenoxy) is 3. The lowest BCUT2D eigenvalue weighted by Gasteiger charge is -2.34. The highest BCUT2D eigenvalue weighted by atomic mass is 19.3. The molecule has 29 heavy (non-hydrogen) atoms. The summed E-state index contributed by atoms with van der Waals surface area (Å²) in [5, 5.41) is 3.05. The van der Waals surface area contributed by atoms with Gasteiger partial charge in [-0.2, -0.15) is 8.78 Å². The third kappa shape index (κ3) is 6.24. The third-order valence-corrected chi connectivity index (χ3v) is 5.21. The molecule has 0 radical (unpaired) electrons. The average molecular weight is 415 g/mol. The number of piperidine rings is 1. The lowest BCUT2D eigenvalue weighted by molar-refractivity contribution is -0.0506. The number of benzene rings is 1. The fourth-order valence-electron chi connectivity index (χ4n) is 3.67. The second kappa shape index (κ2) is 10.7. The van der Waals surface area contributed by atoms with Crippen LogP contribution in [0.2, 0.25) is 0 Å². The highest BCUT2D eigenvalue weighted by Gasteiger charge is 2.24. The summed E-state index contributed by atoms with van der Waals surface area (Å²) in [6, 6.07) is 3.88. The zero-order valence-corrected chi connectivity index (χ0v) is 16.6. The van der Waals surface area contributed by atoms with E-state index in [-0.39, 0.29) is 30.1 Å². The van der Waals surface area contributed by atoms with Gasteiger partial charge in [0, 0.05) is 38.9 Å². The van der Waals surface area contributed by atoms with Crippen LogP contribution < -0.4 is 10.1 Å². The Labute approximate surface area is 169 Å². The van der Waals surface area contributed by atoms with Crippen molar-refractivity contribution < 1.29 is 27.4 Å². The van der Waals surface area contributed by atoms with Gasteiger partial charge in [0.25, 0.3) is 0 Å². The Morgan fingerprint density at radius 2 is 2.10 bits per heavy atom. The molecule has 1 N–H and O–H groups in total. The smallest absolute Gasteiger partial charge is 0.387 e. The molecule has 9 heteroatoms.